The highest BCUT2D eigenvalue weighted by Gasteiger charge is 2.61. The van der Waals surface area contributed by atoms with Crippen LogP contribution in [0.25, 0.3) is 0 Å². The molecule has 0 amide bonds. The number of benzene rings is 1. The third-order valence-electron chi connectivity index (χ3n) is 2.86. The maximum Gasteiger partial charge on any atom is 0.194 e. The monoisotopic (exact) mass is 191 g/mol. The average molecular weight is 191 g/mol. The van der Waals surface area contributed by atoms with Crippen LogP contribution in [0.4, 0.5) is 0 Å². The van der Waals surface area contributed by atoms with Crippen LogP contribution in [0.2, 0.25) is 0 Å². The molecule has 1 aliphatic heterocycles. The van der Waals surface area contributed by atoms with E-state index in [1.54, 1.807) is 0 Å². The molecule has 0 radical (unpaired) electrons. The van der Waals surface area contributed by atoms with Gasteiger partial charge in [-0.1, -0.05) is 51.1 Å². The molecule has 2 unspecified atom stereocenters. The first-order chi connectivity index (χ1) is 6.48. The van der Waals surface area contributed by atoms with Crippen molar-refractivity contribution in [3.05, 3.63) is 35.9 Å². The summed E-state index contributed by atoms with van der Waals surface area (Å²) >= 11 is 0. The van der Waals surface area contributed by atoms with Crippen LogP contribution in [-0.2, 0) is 10.6 Å². The Balaban J connectivity index is 2.42. The van der Waals surface area contributed by atoms with E-state index in [1.165, 1.54) is 5.56 Å². The van der Waals surface area contributed by atoms with Gasteiger partial charge in [-0.2, -0.15) is 5.06 Å². The van der Waals surface area contributed by atoms with Crippen LogP contribution in [0, 0.1) is 5.41 Å². The lowest BCUT2D eigenvalue weighted by Crippen LogP contribution is -2.31. The van der Waals surface area contributed by atoms with Crippen LogP contribution >= 0.6 is 0 Å². The molecule has 1 fully saturated rings. The third kappa shape index (κ3) is 1.18. The fourth-order valence-corrected chi connectivity index (χ4v) is 2.12. The van der Waals surface area contributed by atoms with Crippen molar-refractivity contribution in [3.63, 3.8) is 0 Å². The first-order valence-electron chi connectivity index (χ1n) is 4.97. The molecular weight excluding hydrogens is 174 g/mol. The van der Waals surface area contributed by atoms with Gasteiger partial charge >= 0.3 is 0 Å². The third-order valence-corrected chi connectivity index (χ3v) is 2.86. The van der Waals surface area contributed by atoms with Crippen LogP contribution in [-0.4, -0.2) is 12.1 Å². The van der Waals surface area contributed by atoms with E-state index in [9.17, 15) is 0 Å². The van der Waals surface area contributed by atoms with Crippen molar-refractivity contribution in [3.8, 4) is 0 Å². The van der Waals surface area contributed by atoms with Gasteiger partial charge in [0, 0.05) is 18.0 Å². The molecule has 14 heavy (non-hydrogen) atoms. The zero-order chi connectivity index (χ0) is 10.4. The SMILES string of the molecule is CN1OC1(c1ccccc1)C(C)(C)C. The highest BCUT2D eigenvalue weighted by atomic mass is 16.9. The molecule has 0 saturated carbocycles. The summed E-state index contributed by atoms with van der Waals surface area (Å²) in [5.41, 5.74) is 1.09. The maximum atomic E-state index is 5.69. The lowest BCUT2D eigenvalue weighted by atomic mass is 9.80. The quantitative estimate of drug-likeness (QED) is 0.634. The molecule has 76 valence electrons. The Morgan fingerprint density at radius 1 is 1.14 bits per heavy atom. The van der Waals surface area contributed by atoms with Gasteiger partial charge in [0.1, 0.15) is 0 Å². The van der Waals surface area contributed by atoms with E-state index in [2.05, 4.69) is 45.0 Å². The van der Waals surface area contributed by atoms with E-state index in [0.717, 1.165) is 0 Å². The van der Waals surface area contributed by atoms with Gasteiger partial charge in [0.15, 0.2) is 5.72 Å². The Bertz CT molecular complexity index is 328. The number of hydrogen-bond acceptors (Lipinski definition) is 2. The predicted molar refractivity (Wildman–Crippen MR) is 56.4 cm³/mol. The second kappa shape index (κ2) is 2.81. The van der Waals surface area contributed by atoms with E-state index in [-0.39, 0.29) is 11.1 Å². The van der Waals surface area contributed by atoms with E-state index in [4.69, 9.17) is 4.84 Å². The number of hydrogen-bond donors (Lipinski definition) is 0. The van der Waals surface area contributed by atoms with Gasteiger partial charge in [-0.05, 0) is 0 Å². The zero-order valence-corrected chi connectivity index (χ0v) is 9.24. The molecule has 0 bridgehead atoms. The normalized spacial score (nSPS) is 31.6. The Morgan fingerprint density at radius 3 is 2.00 bits per heavy atom. The first-order valence-corrected chi connectivity index (χ1v) is 4.97. The summed E-state index contributed by atoms with van der Waals surface area (Å²) in [5.74, 6) is 0. The highest BCUT2D eigenvalue weighted by Crippen LogP contribution is 2.55. The van der Waals surface area contributed by atoms with Crippen molar-refractivity contribution in [2.75, 3.05) is 7.05 Å². The Hall–Kier alpha value is -0.860. The molecule has 1 saturated heterocycles. The Labute approximate surface area is 85.4 Å². The molecule has 1 aromatic carbocycles. The van der Waals surface area contributed by atoms with Crippen molar-refractivity contribution in [1.29, 1.82) is 0 Å². The number of hydroxylamine groups is 2. The molecule has 1 aliphatic rings. The minimum atomic E-state index is -0.228. The topological polar surface area (TPSA) is 15.5 Å². The lowest BCUT2D eigenvalue weighted by Gasteiger charge is -2.26. The van der Waals surface area contributed by atoms with Crippen LogP contribution < -0.4 is 0 Å². The summed E-state index contributed by atoms with van der Waals surface area (Å²) in [6.45, 7) is 6.59. The highest BCUT2D eigenvalue weighted by molar-refractivity contribution is 5.26. The smallest absolute Gasteiger partial charge is 0.194 e. The largest absolute Gasteiger partial charge is 0.266 e. The van der Waals surface area contributed by atoms with Gasteiger partial charge in [0.2, 0.25) is 0 Å². The summed E-state index contributed by atoms with van der Waals surface area (Å²) in [7, 11) is 1.98. The molecule has 1 aromatic rings. The van der Waals surface area contributed by atoms with Gasteiger partial charge in [0.25, 0.3) is 0 Å². The molecular formula is C12H17NO. The molecule has 2 atom stereocenters. The summed E-state index contributed by atoms with van der Waals surface area (Å²) < 4.78 is 0. The van der Waals surface area contributed by atoms with Gasteiger partial charge in [-0.15, -0.1) is 0 Å². The van der Waals surface area contributed by atoms with Crippen molar-refractivity contribution in [2.45, 2.75) is 26.5 Å². The molecule has 2 heteroatoms. The average Bonchev–Trinajstić information content (AvgIpc) is 2.79. The molecule has 0 aliphatic carbocycles. The summed E-state index contributed by atoms with van der Waals surface area (Å²) in [6, 6.07) is 10.4. The Morgan fingerprint density at radius 2 is 1.64 bits per heavy atom. The van der Waals surface area contributed by atoms with Gasteiger partial charge in [0.05, 0.1) is 0 Å². The first kappa shape index (κ1) is 9.69. The van der Waals surface area contributed by atoms with Crippen molar-refractivity contribution >= 4 is 0 Å². The van der Waals surface area contributed by atoms with Gasteiger partial charge < -0.3 is 0 Å². The standard InChI is InChI=1S/C12H17NO/c1-11(2,3)12(13(4)14-12)10-8-6-5-7-9-10/h5-9H,1-4H3. The maximum absolute atomic E-state index is 5.69. The minimum absolute atomic E-state index is 0.0864. The van der Waals surface area contributed by atoms with Crippen molar-refractivity contribution < 1.29 is 4.84 Å². The summed E-state index contributed by atoms with van der Waals surface area (Å²) in [5, 5.41) is 1.93. The van der Waals surface area contributed by atoms with Crippen LogP contribution in [0.3, 0.4) is 0 Å². The number of nitrogens with zero attached hydrogens (tertiary/aromatic N) is 1. The second-order valence-corrected chi connectivity index (χ2v) is 4.85. The molecule has 2 rings (SSSR count). The fraction of sp³-hybridized carbons (Fsp3) is 0.500. The number of rotatable bonds is 1. The lowest BCUT2D eigenvalue weighted by molar-refractivity contribution is 0.151. The van der Waals surface area contributed by atoms with E-state index in [1.807, 2.05) is 18.2 Å². The van der Waals surface area contributed by atoms with E-state index >= 15 is 0 Å². The molecule has 1 heterocycles. The fourth-order valence-electron chi connectivity index (χ4n) is 2.12. The summed E-state index contributed by atoms with van der Waals surface area (Å²) in [4.78, 5) is 5.69. The minimum Gasteiger partial charge on any atom is -0.266 e. The van der Waals surface area contributed by atoms with Gasteiger partial charge in [-0.25, -0.2) is 0 Å². The van der Waals surface area contributed by atoms with Crippen LogP contribution in [0.5, 0.6) is 0 Å². The van der Waals surface area contributed by atoms with Gasteiger partial charge in [-0.3, -0.25) is 4.84 Å². The molecule has 0 N–H and O–H groups in total. The van der Waals surface area contributed by atoms with Crippen LogP contribution in [0.15, 0.2) is 30.3 Å². The molecule has 2 nitrogen and oxygen atoms in total. The second-order valence-electron chi connectivity index (χ2n) is 4.85. The van der Waals surface area contributed by atoms with Crippen molar-refractivity contribution in [1.82, 2.24) is 5.06 Å². The molecule has 0 aromatic heterocycles. The zero-order valence-electron chi connectivity index (χ0n) is 9.24. The van der Waals surface area contributed by atoms with Crippen LogP contribution in [0.1, 0.15) is 26.3 Å². The predicted octanol–water partition coefficient (Wildman–Crippen LogP) is 2.76. The van der Waals surface area contributed by atoms with Crippen molar-refractivity contribution in [2.24, 2.45) is 5.41 Å². The Kier molecular flexibility index (Phi) is 1.95. The molecule has 0 spiro atoms. The summed E-state index contributed by atoms with van der Waals surface area (Å²) in [6.07, 6.45) is 0. The van der Waals surface area contributed by atoms with E-state index in [0.29, 0.717) is 0 Å². The van der Waals surface area contributed by atoms with E-state index < -0.39 is 0 Å².